The Kier molecular flexibility index (Phi) is 8.16. The molecule has 3 aromatic rings. The van der Waals surface area contributed by atoms with Gasteiger partial charge in [0.25, 0.3) is 11.8 Å². The van der Waals surface area contributed by atoms with Gasteiger partial charge in [0.05, 0.1) is 7.11 Å². The van der Waals surface area contributed by atoms with Crippen LogP contribution in [0, 0.1) is 12.0 Å². The Morgan fingerprint density at radius 3 is 2.20 bits per heavy atom. The number of methoxy groups -OCH3 is 1. The Bertz CT molecular complexity index is 1340. The van der Waals surface area contributed by atoms with E-state index in [9.17, 15) is 19.5 Å². The normalized spacial score (nSPS) is 9.66. The number of allylic oxidation sites excluding steroid dienone is 1. The largest absolute Gasteiger partial charge is 0.502 e. The predicted octanol–water partition coefficient (Wildman–Crippen LogP) is 3.17. The summed E-state index contributed by atoms with van der Waals surface area (Å²) in [7, 11) is 1.39. The molecule has 0 saturated heterocycles. The van der Waals surface area contributed by atoms with Crippen molar-refractivity contribution >= 4 is 29.5 Å². The van der Waals surface area contributed by atoms with Crippen LogP contribution in [-0.2, 0) is 11.2 Å². The van der Waals surface area contributed by atoms with E-state index >= 15 is 0 Å². The van der Waals surface area contributed by atoms with Gasteiger partial charge in [-0.1, -0.05) is 18.1 Å². The van der Waals surface area contributed by atoms with E-state index in [-0.39, 0.29) is 24.1 Å². The van der Waals surface area contributed by atoms with Gasteiger partial charge in [0.1, 0.15) is 17.7 Å². The minimum absolute atomic E-state index is 0.0140. The first-order valence-corrected chi connectivity index (χ1v) is 10.2. The minimum Gasteiger partial charge on any atom is -0.502 e. The van der Waals surface area contributed by atoms with Crippen LogP contribution in [0.3, 0.4) is 0 Å². The van der Waals surface area contributed by atoms with E-state index in [1.54, 1.807) is 43.3 Å². The average molecular weight is 472 g/mol. The average Bonchev–Trinajstić information content (AvgIpc) is 2.87. The number of carbonyl (C=O) groups is 2. The van der Waals surface area contributed by atoms with Gasteiger partial charge in [-0.15, -0.1) is 0 Å². The van der Waals surface area contributed by atoms with Crippen molar-refractivity contribution in [2.75, 3.05) is 17.7 Å². The van der Waals surface area contributed by atoms with E-state index in [1.165, 1.54) is 31.3 Å². The van der Waals surface area contributed by atoms with Gasteiger partial charge in [-0.25, -0.2) is 4.79 Å². The van der Waals surface area contributed by atoms with Gasteiger partial charge >= 0.3 is 0 Å². The summed E-state index contributed by atoms with van der Waals surface area (Å²) in [5.74, 6) is 3.27. The number of hydrogen-bond donors (Lipinski definition) is 3. The van der Waals surface area contributed by atoms with E-state index in [1.807, 2.05) is 0 Å². The zero-order valence-electron chi connectivity index (χ0n) is 18.8. The number of aliphatic hydroxyl groups is 1. The summed E-state index contributed by atoms with van der Waals surface area (Å²) in [6, 6.07) is 14.0. The summed E-state index contributed by atoms with van der Waals surface area (Å²) in [4.78, 5) is 43.9. The van der Waals surface area contributed by atoms with E-state index in [4.69, 9.17) is 9.47 Å². The molecular weight excluding hydrogens is 452 g/mol. The highest BCUT2D eigenvalue weighted by Gasteiger charge is 2.14. The Balaban J connectivity index is 1.72. The maximum atomic E-state index is 12.6. The van der Waals surface area contributed by atoms with Crippen LogP contribution >= 0.6 is 0 Å². The van der Waals surface area contributed by atoms with Crippen molar-refractivity contribution in [2.24, 2.45) is 0 Å². The molecule has 2 amide bonds. The van der Waals surface area contributed by atoms with Crippen molar-refractivity contribution in [1.29, 1.82) is 0 Å². The number of amides is 2. The molecule has 3 rings (SSSR count). The van der Waals surface area contributed by atoms with Gasteiger partial charge in [-0.2, -0.15) is 9.97 Å². The number of aliphatic hydroxyl groups excluding tert-OH is 1. The summed E-state index contributed by atoms with van der Waals surface area (Å²) in [6.07, 6.45) is 2.48. The molecule has 3 N–H and O–H groups in total. The molecule has 0 aliphatic heterocycles. The second-order valence-corrected chi connectivity index (χ2v) is 6.93. The van der Waals surface area contributed by atoms with Gasteiger partial charge in [0.2, 0.25) is 11.8 Å². The lowest BCUT2D eigenvalue weighted by Crippen LogP contribution is -2.17. The van der Waals surface area contributed by atoms with Crippen LogP contribution in [-0.4, -0.2) is 39.9 Å². The maximum absolute atomic E-state index is 12.6. The van der Waals surface area contributed by atoms with E-state index < -0.39 is 17.6 Å². The second-order valence-electron chi connectivity index (χ2n) is 6.93. The summed E-state index contributed by atoms with van der Waals surface area (Å²) in [6.45, 7) is 1.64. The molecule has 0 bridgehead atoms. The third-order valence-electron chi connectivity index (χ3n) is 4.47. The molecule has 0 fully saturated rings. The van der Waals surface area contributed by atoms with Gasteiger partial charge in [0.15, 0.2) is 11.7 Å². The number of nitrogens with zero attached hydrogens (tertiary/aromatic N) is 2. The lowest BCUT2D eigenvalue weighted by molar-refractivity contribution is 0.101. The smallest absolute Gasteiger partial charge is 0.258 e. The van der Waals surface area contributed by atoms with Crippen molar-refractivity contribution in [3.63, 3.8) is 0 Å². The Labute approximate surface area is 200 Å². The van der Waals surface area contributed by atoms with Crippen LogP contribution < -0.4 is 20.1 Å². The summed E-state index contributed by atoms with van der Waals surface area (Å²) in [5, 5.41) is 14.5. The molecule has 0 aliphatic rings. The van der Waals surface area contributed by atoms with Crippen molar-refractivity contribution in [1.82, 2.24) is 9.97 Å². The molecule has 2 aromatic carbocycles. The number of benzene rings is 2. The molecule has 35 heavy (non-hydrogen) atoms. The van der Waals surface area contributed by atoms with E-state index in [0.29, 0.717) is 22.4 Å². The molecule has 10 nitrogen and oxygen atoms in total. The number of hydrogen-bond acceptors (Lipinski definition) is 8. The van der Waals surface area contributed by atoms with Crippen LogP contribution in [0.2, 0.25) is 0 Å². The maximum Gasteiger partial charge on any atom is 0.258 e. The third kappa shape index (κ3) is 6.92. The lowest BCUT2D eigenvalue weighted by Gasteiger charge is -2.10. The zero-order chi connectivity index (χ0) is 25.2. The van der Waals surface area contributed by atoms with Crippen LogP contribution in [0.25, 0.3) is 0 Å². The fourth-order valence-corrected chi connectivity index (χ4v) is 2.80. The molecular formula is C25H20N4O6. The molecule has 0 unspecified atom stereocenters. The van der Waals surface area contributed by atoms with E-state index in [2.05, 4.69) is 32.6 Å². The molecule has 176 valence electrons. The first kappa shape index (κ1) is 24.5. The van der Waals surface area contributed by atoms with Crippen LogP contribution in [0.5, 0.6) is 11.6 Å². The van der Waals surface area contributed by atoms with Gasteiger partial charge in [-0.3, -0.25) is 14.9 Å². The van der Waals surface area contributed by atoms with Crippen LogP contribution in [0.1, 0.15) is 33.2 Å². The quantitative estimate of drug-likeness (QED) is 0.258. The molecule has 0 radical (unpaired) electrons. The Hall–Kier alpha value is -5.13. The standard InChI is InChI=1S/C25H20N4O6/c1-3-12-35-20-10-8-18(9-11-20)24(33)29-25-27-21(14-22(28-25)34-2)26-23(32)17-6-4-16(5-7-17)13-19(31)15-30/h4-11,14,31H,13H2,1-2H3,(H2,26,27,28,29,32,33). The van der Waals surface area contributed by atoms with Gasteiger partial charge < -0.3 is 19.9 Å². The molecule has 10 heteroatoms. The summed E-state index contributed by atoms with van der Waals surface area (Å²) < 4.78 is 10.3. The van der Waals surface area contributed by atoms with Crippen LogP contribution in [0.4, 0.5) is 11.8 Å². The van der Waals surface area contributed by atoms with E-state index in [0.717, 1.165) is 0 Å². The van der Waals surface area contributed by atoms with Crippen LogP contribution in [0.15, 0.2) is 60.4 Å². The topological polar surface area (TPSA) is 140 Å². The monoisotopic (exact) mass is 472 g/mol. The van der Waals surface area contributed by atoms with Gasteiger partial charge in [0, 0.05) is 30.5 Å². The Morgan fingerprint density at radius 2 is 1.60 bits per heavy atom. The highest BCUT2D eigenvalue weighted by atomic mass is 16.5. The number of rotatable bonds is 8. The second kappa shape index (κ2) is 11.7. The number of aromatic nitrogens is 2. The SMILES string of the molecule is CC#COc1ccc(C(=O)Nc2nc(NC(=O)c3ccc(CC(O)=C=O)cc3)cc(OC)n2)cc1. The highest BCUT2D eigenvalue weighted by molar-refractivity contribution is 6.05. The number of anilines is 2. The van der Waals surface area contributed by atoms with Crippen molar-refractivity contribution in [3.8, 4) is 23.7 Å². The van der Waals surface area contributed by atoms with Crippen molar-refractivity contribution in [3.05, 3.63) is 77.0 Å². The van der Waals surface area contributed by atoms with Crippen molar-refractivity contribution < 1.29 is 29.0 Å². The summed E-state index contributed by atoms with van der Waals surface area (Å²) >= 11 is 0. The molecule has 0 spiro atoms. The molecule has 1 heterocycles. The number of ether oxygens (including phenoxy) is 2. The predicted molar refractivity (Wildman–Crippen MR) is 127 cm³/mol. The van der Waals surface area contributed by atoms with Crippen molar-refractivity contribution in [2.45, 2.75) is 13.3 Å². The number of carbonyl (C=O) groups excluding carboxylic acids is 3. The molecule has 0 aliphatic carbocycles. The molecule has 1 aromatic heterocycles. The Morgan fingerprint density at radius 1 is 0.971 bits per heavy atom. The minimum atomic E-state index is -0.480. The first-order valence-electron chi connectivity index (χ1n) is 10.2. The van der Waals surface area contributed by atoms with Gasteiger partial charge in [-0.05, 0) is 42.0 Å². The third-order valence-corrected chi connectivity index (χ3v) is 4.47. The first-order chi connectivity index (χ1) is 16.9. The summed E-state index contributed by atoms with van der Waals surface area (Å²) in [5.41, 5.74) is 1.27. The fourth-order valence-electron chi connectivity index (χ4n) is 2.80. The molecule has 0 atom stereocenters. The fraction of sp³-hybridized carbons (Fsp3) is 0.120. The zero-order valence-corrected chi connectivity index (χ0v) is 18.8. The molecule has 0 saturated carbocycles. The lowest BCUT2D eigenvalue weighted by atomic mass is 10.1. The number of nitrogens with one attached hydrogen (secondary N) is 2. The highest BCUT2D eigenvalue weighted by Crippen LogP contribution is 2.19.